The fraction of sp³-hybridized carbons (Fsp3) is 0.542. The number of carbonyl (C=O) groups is 2. The average Bonchev–Trinajstić information content (AvgIpc) is 3.25. The van der Waals surface area contributed by atoms with E-state index in [2.05, 4.69) is 10.3 Å². The number of fused-ring (bicyclic) bond motifs is 1. The Balaban J connectivity index is 0.00000484. The van der Waals surface area contributed by atoms with Gasteiger partial charge in [0.1, 0.15) is 5.82 Å². The molecule has 42 heavy (non-hydrogen) atoms. The van der Waals surface area contributed by atoms with Crippen molar-refractivity contribution in [2.75, 3.05) is 31.2 Å². The molecule has 2 aromatic rings. The lowest BCUT2D eigenvalue weighted by atomic mass is 9.97. The standard InChI is InChI=1S/C24H28F6N6O4S.ClH/c1-41(39,40)35-4-2-13(3-5-35)22(38)32-21-19-12-34(6-7-36(19)23(33-21)24(28,29)30)20(37)10-15(31)8-14-9-17(26)18(27)11-16(14)25;/h9,11,13,15H,2-8,10,12,31H2,1H3,(H,32,38);1H. The maximum Gasteiger partial charge on any atom is 0.449 e. The Bertz CT molecular complexity index is 1450. The van der Waals surface area contributed by atoms with E-state index in [1.807, 2.05) is 0 Å². The molecular formula is C24H29ClF6N6O4S. The van der Waals surface area contributed by atoms with E-state index in [0.717, 1.165) is 10.8 Å². The zero-order chi connectivity index (χ0) is 30.3. The number of nitrogens with two attached hydrogens (primary N) is 1. The summed E-state index contributed by atoms with van der Waals surface area (Å²) in [5.41, 5.74) is 5.66. The van der Waals surface area contributed by atoms with Gasteiger partial charge in [0.15, 0.2) is 17.5 Å². The van der Waals surface area contributed by atoms with Gasteiger partial charge in [-0.15, -0.1) is 12.4 Å². The minimum absolute atomic E-state index is 0. The van der Waals surface area contributed by atoms with E-state index in [1.165, 1.54) is 9.21 Å². The van der Waals surface area contributed by atoms with Crippen LogP contribution in [0.3, 0.4) is 0 Å². The number of hydrogen-bond donors (Lipinski definition) is 2. The third kappa shape index (κ3) is 7.54. The summed E-state index contributed by atoms with van der Waals surface area (Å²) in [5.74, 6) is -7.14. The van der Waals surface area contributed by atoms with E-state index in [-0.39, 0.29) is 87.9 Å². The highest BCUT2D eigenvalue weighted by molar-refractivity contribution is 7.88. The summed E-state index contributed by atoms with van der Waals surface area (Å²) < 4.78 is 107. The van der Waals surface area contributed by atoms with Crippen LogP contribution >= 0.6 is 12.4 Å². The molecule has 0 saturated carbocycles. The highest BCUT2D eigenvalue weighted by Crippen LogP contribution is 2.35. The van der Waals surface area contributed by atoms with Crippen molar-refractivity contribution in [1.29, 1.82) is 0 Å². The quantitative estimate of drug-likeness (QED) is 0.352. The number of anilines is 1. The second-order valence-electron chi connectivity index (χ2n) is 10.1. The Kier molecular flexibility index (Phi) is 10.2. The molecular weight excluding hydrogens is 618 g/mol. The number of benzene rings is 1. The SMILES string of the molecule is CS(=O)(=O)N1CCC(C(=O)Nc2nc(C(F)(F)F)n3c2CN(C(=O)CC(N)Cc2cc(F)c(F)cc2F)CC3)CC1.Cl. The summed E-state index contributed by atoms with van der Waals surface area (Å²) in [5, 5.41) is 2.43. The maximum absolute atomic E-state index is 14.0. The number of hydrogen-bond acceptors (Lipinski definition) is 6. The van der Waals surface area contributed by atoms with E-state index >= 15 is 0 Å². The lowest BCUT2D eigenvalue weighted by Gasteiger charge is -2.31. The van der Waals surface area contributed by atoms with Crippen LogP contribution in [0, 0.1) is 23.4 Å². The van der Waals surface area contributed by atoms with Crippen LogP contribution in [-0.4, -0.2) is 70.9 Å². The molecule has 10 nitrogen and oxygen atoms in total. The molecule has 2 aliphatic heterocycles. The van der Waals surface area contributed by atoms with E-state index in [1.54, 1.807) is 0 Å². The zero-order valence-corrected chi connectivity index (χ0v) is 23.9. The van der Waals surface area contributed by atoms with Gasteiger partial charge in [0.25, 0.3) is 0 Å². The molecule has 3 N–H and O–H groups in total. The molecule has 2 amide bonds. The van der Waals surface area contributed by atoms with Crippen molar-refractivity contribution in [1.82, 2.24) is 18.8 Å². The van der Waals surface area contributed by atoms with Crippen molar-refractivity contribution < 1.29 is 44.3 Å². The molecule has 0 aliphatic carbocycles. The second-order valence-corrected chi connectivity index (χ2v) is 12.1. The topological polar surface area (TPSA) is 131 Å². The van der Waals surface area contributed by atoms with Crippen LogP contribution in [0.25, 0.3) is 0 Å². The van der Waals surface area contributed by atoms with E-state index < -0.39 is 63.2 Å². The van der Waals surface area contributed by atoms with Crippen LogP contribution in [-0.2, 0) is 45.3 Å². The Morgan fingerprint density at radius 1 is 1.07 bits per heavy atom. The molecule has 234 valence electrons. The molecule has 4 rings (SSSR count). The summed E-state index contributed by atoms with van der Waals surface area (Å²) in [7, 11) is -3.44. The van der Waals surface area contributed by atoms with Gasteiger partial charge in [0.2, 0.25) is 27.7 Å². The van der Waals surface area contributed by atoms with Gasteiger partial charge in [-0.25, -0.2) is 30.9 Å². The molecule has 0 radical (unpaired) electrons. The number of carbonyl (C=O) groups excluding carboxylic acids is 2. The number of nitrogens with zero attached hydrogens (tertiary/aromatic N) is 4. The number of rotatable bonds is 7. The highest BCUT2D eigenvalue weighted by Gasteiger charge is 2.41. The second kappa shape index (κ2) is 12.8. The zero-order valence-electron chi connectivity index (χ0n) is 22.3. The minimum Gasteiger partial charge on any atom is -0.335 e. The minimum atomic E-state index is -4.85. The van der Waals surface area contributed by atoms with Gasteiger partial charge in [-0.2, -0.15) is 13.2 Å². The van der Waals surface area contributed by atoms with Crippen LogP contribution in [0.1, 0.15) is 36.3 Å². The van der Waals surface area contributed by atoms with Gasteiger partial charge in [0.05, 0.1) is 18.5 Å². The summed E-state index contributed by atoms with van der Waals surface area (Å²) in [4.78, 5) is 30.7. The van der Waals surface area contributed by atoms with E-state index in [9.17, 15) is 44.3 Å². The summed E-state index contributed by atoms with van der Waals surface area (Å²) >= 11 is 0. The number of alkyl halides is 3. The first-order chi connectivity index (χ1) is 19.0. The first-order valence-electron chi connectivity index (χ1n) is 12.6. The molecule has 0 spiro atoms. The lowest BCUT2D eigenvalue weighted by Crippen LogP contribution is -2.42. The number of amides is 2. The van der Waals surface area contributed by atoms with Gasteiger partial charge in [-0.3, -0.25) is 9.59 Å². The van der Waals surface area contributed by atoms with Crippen molar-refractivity contribution in [2.45, 2.75) is 51.0 Å². The largest absolute Gasteiger partial charge is 0.449 e. The first-order valence-corrected chi connectivity index (χ1v) is 14.5. The maximum atomic E-state index is 14.0. The lowest BCUT2D eigenvalue weighted by molar-refractivity contribution is -0.148. The highest BCUT2D eigenvalue weighted by atomic mass is 35.5. The molecule has 1 saturated heterocycles. The first kappa shape index (κ1) is 33.6. The van der Waals surface area contributed by atoms with Crippen molar-refractivity contribution >= 4 is 40.1 Å². The van der Waals surface area contributed by atoms with Crippen LogP contribution in [0.5, 0.6) is 0 Å². The van der Waals surface area contributed by atoms with Crippen molar-refractivity contribution in [3.05, 3.63) is 46.7 Å². The molecule has 1 unspecified atom stereocenters. The molecule has 1 atom stereocenters. The smallest absolute Gasteiger partial charge is 0.335 e. The molecule has 1 aromatic carbocycles. The third-order valence-electron chi connectivity index (χ3n) is 7.16. The van der Waals surface area contributed by atoms with Crippen LogP contribution in [0.15, 0.2) is 12.1 Å². The van der Waals surface area contributed by atoms with E-state index in [4.69, 9.17) is 5.73 Å². The van der Waals surface area contributed by atoms with Crippen LogP contribution in [0.4, 0.5) is 32.2 Å². The van der Waals surface area contributed by atoms with Gasteiger partial charge in [-0.1, -0.05) is 0 Å². The molecule has 3 heterocycles. The summed E-state index contributed by atoms with van der Waals surface area (Å²) in [6, 6.07) is 0.0117. The molecule has 1 aromatic heterocycles. The number of nitrogens with one attached hydrogen (secondary N) is 1. The van der Waals surface area contributed by atoms with Gasteiger partial charge < -0.3 is 20.5 Å². The Morgan fingerprint density at radius 2 is 1.69 bits per heavy atom. The van der Waals surface area contributed by atoms with Crippen LogP contribution in [0.2, 0.25) is 0 Å². The monoisotopic (exact) mass is 646 g/mol. The molecule has 0 bridgehead atoms. The Labute approximate surface area is 243 Å². The predicted molar refractivity (Wildman–Crippen MR) is 140 cm³/mol. The Hall–Kier alpha value is -2.89. The average molecular weight is 647 g/mol. The summed E-state index contributed by atoms with van der Waals surface area (Å²) in [6.45, 7) is -0.574. The number of piperidine rings is 1. The number of halogens is 7. The fourth-order valence-electron chi connectivity index (χ4n) is 4.99. The number of sulfonamides is 1. The van der Waals surface area contributed by atoms with Gasteiger partial charge in [-0.05, 0) is 30.9 Å². The van der Waals surface area contributed by atoms with Crippen molar-refractivity contribution in [3.63, 3.8) is 0 Å². The third-order valence-corrected chi connectivity index (χ3v) is 8.46. The summed E-state index contributed by atoms with van der Waals surface area (Å²) in [6.07, 6.45) is -4.12. The Morgan fingerprint density at radius 3 is 2.29 bits per heavy atom. The number of aromatic nitrogens is 2. The normalized spacial score (nSPS) is 17.4. The van der Waals surface area contributed by atoms with Crippen LogP contribution < -0.4 is 11.1 Å². The van der Waals surface area contributed by atoms with Crippen molar-refractivity contribution in [2.24, 2.45) is 11.7 Å². The van der Waals surface area contributed by atoms with E-state index in [0.29, 0.717) is 12.1 Å². The number of imidazole rings is 1. The van der Waals surface area contributed by atoms with Crippen molar-refractivity contribution in [3.8, 4) is 0 Å². The van der Waals surface area contributed by atoms with Gasteiger partial charge in [0, 0.05) is 50.6 Å². The molecule has 18 heteroatoms. The van der Waals surface area contributed by atoms with Gasteiger partial charge >= 0.3 is 6.18 Å². The molecule has 1 fully saturated rings. The molecule has 2 aliphatic rings. The fourth-order valence-corrected chi connectivity index (χ4v) is 5.87. The predicted octanol–water partition coefficient (Wildman–Crippen LogP) is 2.65.